The van der Waals surface area contributed by atoms with Crippen molar-refractivity contribution < 1.29 is 20.2 Å². The van der Waals surface area contributed by atoms with Crippen LogP contribution in [0.3, 0.4) is 0 Å². The third kappa shape index (κ3) is 4.96. The van der Waals surface area contributed by atoms with Crippen LogP contribution in [0, 0.1) is 0 Å². The second-order valence-corrected chi connectivity index (χ2v) is 8.23. The normalized spacial score (nSPS) is 10.8. The van der Waals surface area contributed by atoms with Gasteiger partial charge in [0.1, 0.15) is 0 Å². The Hall–Kier alpha value is -4.88. The molecule has 36 heavy (non-hydrogen) atoms. The summed E-state index contributed by atoms with van der Waals surface area (Å²) in [6.45, 7) is 0.428. The number of anilines is 5. The summed E-state index contributed by atoms with van der Waals surface area (Å²) in [6.07, 6.45) is 0. The van der Waals surface area contributed by atoms with Crippen LogP contribution in [0.15, 0.2) is 36.4 Å². The predicted octanol–water partition coefficient (Wildman–Crippen LogP) is 1.91. The Kier molecular flexibility index (Phi) is 6.58. The van der Waals surface area contributed by atoms with E-state index in [1.807, 2.05) is 30.6 Å². The summed E-state index contributed by atoms with van der Waals surface area (Å²) in [7, 11) is 9.00. The van der Waals surface area contributed by atoms with E-state index in [2.05, 4.69) is 31.0 Å². The van der Waals surface area contributed by atoms with Crippen molar-refractivity contribution in [1.29, 1.82) is 0 Å². The first-order chi connectivity index (χ1) is 17.1. The van der Waals surface area contributed by atoms with Crippen molar-refractivity contribution in [2.45, 2.75) is 6.54 Å². The molecule has 0 fully saturated rings. The third-order valence-corrected chi connectivity index (χ3v) is 5.33. The van der Waals surface area contributed by atoms with Crippen LogP contribution >= 0.6 is 0 Å². The molecule has 2 heterocycles. The number of hydroxylamine groups is 1. The van der Waals surface area contributed by atoms with Gasteiger partial charge in [0.25, 0.3) is 5.95 Å². The second-order valence-electron chi connectivity index (χ2n) is 8.23. The van der Waals surface area contributed by atoms with Crippen molar-refractivity contribution in [1.82, 2.24) is 29.5 Å². The fourth-order valence-corrected chi connectivity index (χ4v) is 3.41. The van der Waals surface area contributed by atoms with Gasteiger partial charge in [-0.25, -0.2) is 0 Å². The van der Waals surface area contributed by atoms with E-state index in [9.17, 15) is 15.3 Å². The summed E-state index contributed by atoms with van der Waals surface area (Å²) in [4.78, 5) is 7.72. The molecule has 0 atom stereocenters. The van der Waals surface area contributed by atoms with E-state index in [0.717, 1.165) is 5.56 Å². The summed E-state index contributed by atoms with van der Waals surface area (Å²) in [6, 6.07) is 9.34. The molecule has 4 aromatic rings. The molecule has 0 aliphatic heterocycles. The number of aromatic hydroxyl groups is 3. The Morgan fingerprint density at radius 2 is 1.47 bits per heavy atom. The highest BCUT2D eigenvalue weighted by Gasteiger charge is 2.17. The monoisotopic (exact) mass is 496 g/mol. The zero-order valence-corrected chi connectivity index (χ0v) is 20.5. The topological polar surface area (TPSA) is 162 Å². The molecule has 0 amide bonds. The lowest BCUT2D eigenvalue weighted by molar-refractivity contribution is 0.278. The van der Waals surface area contributed by atoms with Crippen molar-refractivity contribution in [3.63, 3.8) is 0 Å². The van der Waals surface area contributed by atoms with Gasteiger partial charge in [-0.3, -0.25) is 9.13 Å². The quantitative estimate of drug-likeness (QED) is 0.130. The fourth-order valence-electron chi connectivity index (χ4n) is 3.41. The van der Waals surface area contributed by atoms with Crippen LogP contribution in [0.1, 0.15) is 5.56 Å². The second kappa shape index (κ2) is 9.77. The molecule has 5 N–H and O–H groups in total. The number of benzene rings is 2. The molecule has 0 radical (unpaired) electrons. The van der Waals surface area contributed by atoms with Crippen molar-refractivity contribution in [2.75, 3.05) is 41.7 Å². The lowest BCUT2D eigenvalue weighted by atomic mass is 10.2. The van der Waals surface area contributed by atoms with Crippen molar-refractivity contribution >= 4 is 29.5 Å². The number of hydrogen-bond acceptors (Lipinski definition) is 12. The minimum atomic E-state index is -0.259. The smallest absolute Gasteiger partial charge is 0.261 e. The maximum absolute atomic E-state index is 10.3. The van der Waals surface area contributed by atoms with Gasteiger partial charge in [0.2, 0.25) is 17.8 Å². The first kappa shape index (κ1) is 24.3. The van der Waals surface area contributed by atoms with Crippen molar-refractivity contribution in [3.05, 3.63) is 42.0 Å². The van der Waals surface area contributed by atoms with Gasteiger partial charge >= 0.3 is 0 Å². The standard InChI is InChI=1S/C22H28N10O4/c1-29(2)21-27-25-19(30(21)3)23-12-13-6-8-16(34)18(10-13)36-32(5)22-28-26-20(31(22)4)24-14-7-9-15(33)17(35)11-14/h6-11,33-35H,12H2,1-5H3,(H,23,25)(H,24,26). The van der Waals surface area contributed by atoms with E-state index in [4.69, 9.17) is 4.84 Å². The van der Waals surface area contributed by atoms with Crippen molar-refractivity contribution in [2.24, 2.45) is 14.1 Å². The summed E-state index contributed by atoms with van der Waals surface area (Å²) in [5.41, 5.74) is 1.35. The van der Waals surface area contributed by atoms with Gasteiger partial charge in [-0.05, 0) is 29.8 Å². The molecule has 0 saturated heterocycles. The number of phenols is 3. The molecular formula is C22H28N10O4. The molecule has 14 heteroatoms. The molecule has 0 saturated carbocycles. The van der Waals surface area contributed by atoms with E-state index < -0.39 is 0 Å². The highest BCUT2D eigenvalue weighted by atomic mass is 16.7. The lowest BCUT2D eigenvalue weighted by Gasteiger charge is -2.19. The first-order valence-corrected chi connectivity index (χ1v) is 10.9. The van der Waals surface area contributed by atoms with Gasteiger partial charge in [0, 0.05) is 53.5 Å². The summed E-state index contributed by atoms with van der Waals surface area (Å²) >= 11 is 0. The Balaban J connectivity index is 1.45. The Labute approximate surface area is 207 Å². The first-order valence-electron chi connectivity index (χ1n) is 10.9. The van der Waals surface area contributed by atoms with Crippen molar-refractivity contribution in [3.8, 4) is 23.0 Å². The molecule has 0 aliphatic rings. The molecule has 0 aliphatic carbocycles. The number of phenolic OH excluding ortho intramolecular Hbond substituents is 3. The average Bonchev–Trinajstić information content (AvgIpc) is 3.39. The predicted molar refractivity (Wildman–Crippen MR) is 134 cm³/mol. The lowest BCUT2D eigenvalue weighted by Crippen LogP contribution is -2.25. The average molecular weight is 497 g/mol. The van der Waals surface area contributed by atoms with Gasteiger partial charge in [0.15, 0.2) is 23.0 Å². The van der Waals surface area contributed by atoms with E-state index >= 15 is 0 Å². The molecule has 0 spiro atoms. The summed E-state index contributed by atoms with van der Waals surface area (Å²) < 4.78 is 3.47. The molecule has 0 bridgehead atoms. The van der Waals surface area contributed by atoms with Crippen LogP contribution in [-0.2, 0) is 20.6 Å². The number of aromatic nitrogens is 6. The molecule has 2 aromatic heterocycles. The maximum Gasteiger partial charge on any atom is 0.261 e. The van der Waals surface area contributed by atoms with Crippen LogP contribution in [0.25, 0.3) is 0 Å². The number of nitrogens with zero attached hydrogens (tertiary/aromatic N) is 8. The fraction of sp³-hybridized carbons (Fsp3) is 0.273. The third-order valence-electron chi connectivity index (χ3n) is 5.33. The number of rotatable bonds is 9. The number of nitrogens with one attached hydrogen (secondary N) is 2. The highest BCUT2D eigenvalue weighted by Crippen LogP contribution is 2.31. The molecule has 14 nitrogen and oxygen atoms in total. The molecule has 190 valence electrons. The zero-order valence-electron chi connectivity index (χ0n) is 20.5. The SMILES string of the molecule is CN(C)c1nnc(NCc2ccc(O)c(ON(C)c3nnc(Nc4ccc(O)c(O)c4)n3C)c2)n1C. The number of hydrogen-bond donors (Lipinski definition) is 5. The molecular weight excluding hydrogens is 468 g/mol. The van der Waals surface area contributed by atoms with E-state index in [-0.39, 0.29) is 23.0 Å². The van der Waals surface area contributed by atoms with Gasteiger partial charge in [0.05, 0.1) is 0 Å². The largest absolute Gasteiger partial charge is 0.504 e. The van der Waals surface area contributed by atoms with E-state index in [1.54, 1.807) is 42.9 Å². The summed E-state index contributed by atoms with van der Waals surface area (Å²) in [5, 5.41) is 53.6. The highest BCUT2D eigenvalue weighted by molar-refractivity contribution is 5.60. The van der Waals surface area contributed by atoms with Gasteiger partial charge < -0.3 is 35.7 Å². The van der Waals surface area contributed by atoms with Crippen LogP contribution in [0.5, 0.6) is 23.0 Å². The van der Waals surface area contributed by atoms with E-state index in [1.165, 1.54) is 17.2 Å². The van der Waals surface area contributed by atoms with E-state index in [0.29, 0.717) is 36.0 Å². The zero-order chi connectivity index (χ0) is 26.0. The van der Waals surface area contributed by atoms with Gasteiger partial charge in [-0.2, -0.15) is 5.06 Å². The molecule has 4 rings (SSSR count). The molecule has 0 unspecified atom stereocenters. The van der Waals surface area contributed by atoms with Gasteiger partial charge in [-0.15, -0.1) is 20.4 Å². The maximum atomic E-state index is 10.3. The van der Waals surface area contributed by atoms with Crippen LogP contribution in [-0.4, -0.2) is 66.0 Å². The minimum absolute atomic E-state index is 0.0424. The Morgan fingerprint density at radius 3 is 2.17 bits per heavy atom. The van der Waals surface area contributed by atoms with Crippen LogP contribution < -0.4 is 25.4 Å². The Bertz CT molecular complexity index is 1370. The van der Waals surface area contributed by atoms with Crippen LogP contribution in [0.2, 0.25) is 0 Å². The molecule has 2 aromatic carbocycles. The van der Waals surface area contributed by atoms with Gasteiger partial charge in [-0.1, -0.05) is 6.07 Å². The van der Waals surface area contributed by atoms with Crippen LogP contribution in [0.4, 0.5) is 29.5 Å². The Morgan fingerprint density at radius 1 is 0.806 bits per heavy atom. The minimum Gasteiger partial charge on any atom is -0.504 e. The summed E-state index contributed by atoms with van der Waals surface area (Å²) in [5.74, 6) is 1.74.